The van der Waals surface area contributed by atoms with Crippen LogP contribution < -0.4 is 9.47 Å². The van der Waals surface area contributed by atoms with Crippen LogP contribution in [0.1, 0.15) is 6.42 Å². The number of carbonyl (C=O) groups is 1. The van der Waals surface area contributed by atoms with Crippen molar-refractivity contribution < 1.29 is 14.3 Å². The van der Waals surface area contributed by atoms with Crippen LogP contribution in [-0.4, -0.2) is 12.6 Å². The maximum atomic E-state index is 11.8. The first-order valence-electron chi connectivity index (χ1n) is 7.18. The first kappa shape index (κ1) is 14.1. The van der Waals surface area contributed by atoms with Gasteiger partial charge in [0, 0.05) is 0 Å². The average molecular weight is 292 g/mol. The zero-order chi connectivity index (χ0) is 15.2. The topological polar surface area (TPSA) is 35.5 Å². The molecule has 0 heterocycles. The van der Waals surface area contributed by atoms with Crippen LogP contribution in [0.15, 0.2) is 72.8 Å². The van der Waals surface area contributed by atoms with E-state index < -0.39 is 0 Å². The Labute approximate surface area is 129 Å². The molecule has 0 radical (unpaired) electrons. The lowest BCUT2D eigenvalue weighted by Gasteiger charge is -2.07. The fourth-order valence-corrected chi connectivity index (χ4v) is 2.18. The van der Waals surface area contributed by atoms with Crippen molar-refractivity contribution in [2.45, 2.75) is 6.42 Å². The van der Waals surface area contributed by atoms with Crippen LogP contribution in [0, 0.1) is 0 Å². The van der Waals surface area contributed by atoms with E-state index in [1.165, 1.54) is 0 Å². The quantitative estimate of drug-likeness (QED) is 0.522. The van der Waals surface area contributed by atoms with E-state index in [0.29, 0.717) is 12.4 Å². The van der Waals surface area contributed by atoms with Gasteiger partial charge in [-0.05, 0) is 35.0 Å². The molecule has 0 amide bonds. The van der Waals surface area contributed by atoms with E-state index in [1.807, 2.05) is 66.7 Å². The summed E-state index contributed by atoms with van der Waals surface area (Å²) in [7, 11) is 0. The molecule has 3 rings (SSSR count). The summed E-state index contributed by atoms with van der Waals surface area (Å²) < 4.78 is 10.8. The number of esters is 1. The van der Waals surface area contributed by atoms with Crippen LogP contribution in [0.2, 0.25) is 0 Å². The summed E-state index contributed by atoms with van der Waals surface area (Å²) in [6, 6.07) is 23.0. The van der Waals surface area contributed by atoms with Gasteiger partial charge < -0.3 is 9.47 Å². The SMILES string of the molecule is O=C(CCOc1ccccc1)Oc1ccc2ccccc2c1. The van der Waals surface area contributed by atoms with E-state index in [0.717, 1.165) is 16.5 Å². The van der Waals surface area contributed by atoms with Gasteiger partial charge in [-0.15, -0.1) is 0 Å². The number of para-hydroxylation sites is 1. The Morgan fingerprint density at radius 2 is 1.50 bits per heavy atom. The van der Waals surface area contributed by atoms with Crippen molar-refractivity contribution in [3.63, 3.8) is 0 Å². The molecular weight excluding hydrogens is 276 g/mol. The summed E-state index contributed by atoms with van der Waals surface area (Å²) in [6.45, 7) is 0.302. The van der Waals surface area contributed by atoms with E-state index in [9.17, 15) is 4.79 Å². The third kappa shape index (κ3) is 3.64. The highest BCUT2D eigenvalue weighted by Crippen LogP contribution is 2.20. The predicted octanol–water partition coefficient (Wildman–Crippen LogP) is 4.21. The van der Waals surface area contributed by atoms with E-state index in [1.54, 1.807) is 6.07 Å². The Hall–Kier alpha value is -2.81. The van der Waals surface area contributed by atoms with Gasteiger partial charge in [-0.2, -0.15) is 0 Å². The van der Waals surface area contributed by atoms with Crippen LogP contribution in [0.25, 0.3) is 10.8 Å². The number of benzene rings is 3. The molecule has 0 saturated heterocycles. The molecule has 3 aromatic carbocycles. The molecule has 3 heteroatoms. The Balaban J connectivity index is 1.54. The number of carbonyl (C=O) groups excluding carboxylic acids is 1. The van der Waals surface area contributed by atoms with Crippen LogP contribution in [0.5, 0.6) is 11.5 Å². The molecule has 0 aromatic heterocycles. The molecule has 110 valence electrons. The second-order valence-electron chi connectivity index (χ2n) is 4.89. The van der Waals surface area contributed by atoms with Crippen molar-refractivity contribution in [3.8, 4) is 11.5 Å². The first-order valence-corrected chi connectivity index (χ1v) is 7.18. The fourth-order valence-electron chi connectivity index (χ4n) is 2.18. The van der Waals surface area contributed by atoms with Gasteiger partial charge in [0.2, 0.25) is 0 Å². The molecule has 0 bridgehead atoms. The molecular formula is C19H16O3. The Morgan fingerprint density at radius 1 is 0.773 bits per heavy atom. The number of fused-ring (bicyclic) bond motifs is 1. The van der Waals surface area contributed by atoms with Gasteiger partial charge in [-0.25, -0.2) is 0 Å². The standard InChI is InChI=1S/C19H16O3/c20-19(12-13-21-17-8-2-1-3-9-17)22-18-11-10-15-6-4-5-7-16(15)14-18/h1-11,14H,12-13H2. The van der Waals surface area contributed by atoms with Gasteiger partial charge in [-0.1, -0.05) is 48.5 Å². The van der Waals surface area contributed by atoms with Gasteiger partial charge in [0.1, 0.15) is 11.5 Å². The van der Waals surface area contributed by atoms with E-state index in [-0.39, 0.29) is 12.4 Å². The minimum absolute atomic E-state index is 0.210. The van der Waals surface area contributed by atoms with Gasteiger partial charge >= 0.3 is 5.97 Å². The van der Waals surface area contributed by atoms with Crippen LogP contribution in [-0.2, 0) is 4.79 Å². The lowest BCUT2D eigenvalue weighted by molar-refractivity contribution is -0.134. The Bertz CT molecular complexity index is 766. The molecule has 3 aromatic rings. The smallest absolute Gasteiger partial charge is 0.314 e. The second kappa shape index (κ2) is 6.76. The maximum absolute atomic E-state index is 11.8. The Kier molecular flexibility index (Phi) is 4.35. The number of rotatable bonds is 5. The highest BCUT2D eigenvalue weighted by molar-refractivity contribution is 5.84. The normalized spacial score (nSPS) is 10.4. The highest BCUT2D eigenvalue weighted by atomic mass is 16.5. The third-order valence-electron chi connectivity index (χ3n) is 3.27. The van der Waals surface area contributed by atoms with E-state index in [2.05, 4.69) is 0 Å². The summed E-state index contributed by atoms with van der Waals surface area (Å²) in [5.74, 6) is 1.01. The van der Waals surface area contributed by atoms with Crippen molar-refractivity contribution in [2.75, 3.05) is 6.61 Å². The zero-order valence-electron chi connectivity index (χ0n) is 12.1. The summed E-state index contributed by atoms with van der Waals surface area (Å²) in [6.07, 6.45) is 0.210. The molecule has 22 heavy (non-hydrogen) atoms. The summed E-state index contributed by atoms with van der Waals surface area (Å²) in [5.41, 5.74) is 0. The third-order valence-corrected chi connectivity index (χ3v) is 3.27. The van der Waals surface area contributed by atoms with Crippen molar-refractivity contribution >= 4 is 16.7 Å². The van der Waals surface area contributed by atoms with Crippen LogP contribution in [0.4, 0.5) is 0 Å². The minimum atomic E-state index is -0.300. The lowest BCUT2D eigenvalue weighted by Crippen LogP contribution is -2.12. The largest absolute Gasteiger partial charge is 0.493 e. The summed E-state index contributed by atoms with van der Waals surface area (Å²) in [5, 5.41) is 2.17. The maximum Gasteiger partial charge on any atom is 0.314 e. The molecule has 0 saturated carbocycles. The van der Waals surface area contributed by atoms with E-state index >= 15 is 0 Å². The molecule has 3 nitrogen and oxygen atoms in total. The van der Waals surface area contributed by atoms with Crippen molar-refractivity contribution in [3.05, 3.63) is 72.8 Å². The van der Waals surface area contributed by atoms with Crippen LogP contribution in [0.3, 0.4) is 0 Å². The molecule has 0 spiro atoms. The molecule has 0 unspecified atom stereocenters. The lowest BCUT2D eigenvalue weighted by atomic mass is 10.1. The van der Waals surface area contributed by atoms with Gasteiger partial charge in [0.25, 0.3) is 0 Å². The Morgan fingerprint density at radius 3 is 2.32 bits per heavy atom. The summed E-state index contributed by atoms with van der Waals surface area (Å²) in [4.78, 5) is 11.8. The molecule has 0 aliphatic rings. The molecule has 0 aliphatic carbocycles. The minimum Gasteiger partial charge on any atom is -0.493 e. The van der Waals surface area contributed by atoms with E-state index in [4.69, 9.17) is 9.47 Å². The van der Waals surface area contributed by atoms with Crippen molar-refractivity contribution in [1.29, 1.82) is 0 Å². The second-order valence-corrected chi connectivity index (χ2v) is 4.89. The highest BCUT2D eigenvalue weighted by Gasteiger charge is 2.06. The van der Waals surface area contributed by atoms with Gasteiger partial charge in [0.05, 0.1) is 13.0 Å². The predicted molar refractivity (Wildman–Crippen MR) is 86.1 cm³/mol. The molecule has 0 aliphatic heterocycles. The monoisotopic (exact) mass is 292 g/mol. The van der Waals surface area contributed by atoms with Crippen molar-refractivity contribution in [2.24, 2.45) is 0 Å². The number of hydrogen-bond acceptors (Lipinski definition) is 3. The average Bonchev–Trinajstić information content (AvgIpc) is 2.56. The zero-order valence-corrected chi connectivity index (χ0v) is 12.1. The number of ether oxygens (including phenoxy) is 2. The van der Waals surface area contributed by atoms with Gasteiger partial charge in [0.15, 0.2) is 0 Å². The van der Waals surface area contributed by atoms with Crippen LogP contribution >= 0.6 is 0 Å². The molecule has 0 fully saturated rings. The first-order chi connectivity index (χ1) is 10.8. The summed E-state index contributed by atoms with van der Waals surface area (Å²) >= 11 is 0. The fraction of sp³-hybridized carbons (Fsp3) is 0.105. The van der Waals surface area contributed by atoms with Crippen molar-refractivity contribution in [1.82, 2.24) is 0 Å². The van der Waals surface area contributed by atoms with Gasteiger partial charge in [-0.3, -0.25) is 4.79 Å². The molecule has 0 N–H and O–H groups in total. The molecule has 0 atom stereocenters. The number of hydrogen-bond donors (Lipinski definition) is 0.